The van der Waals surface area contributed by atoms with Crippen molar-refractivity contribution in [1.29, 1.82) is 0 Å². The van der Waals surface area contributed by atoms with Gasteiger partial charge in [-0.25, -0.2) is 0 Å². The van der Waals surface area contributed by atoms with E-state index < -0.39 is 0 Å². The van der Waals surface area contributed by atoms with Crippen LogP contribution in [0.3, 0.4) is 0 Å². The van der Waals surface area contributed by atoms with Crippen LogP contribution in [0.5, 0.6) is 5.75 Å². The maximum Gasteiger partial charge on any atom is 0.229 e. The molecule has 1 N–H and O–H groups in total. The molecule has 6 nitrogen and oxygen atoms in total. The second-order valence-corrected chi connectivity index (χ2v) is 8.10. The quantitative estimate of drug-likeness (QED) is 0.794. The Morgan fingerprint density at radius 3 is 2.70 bits per heavy atom. The number of carbonyl (C=O) groups excluding carboxylic acids is 2. The van der Waals surface area contributed by atoms with E-state index in [1.807, 2.05) is 42.5 Å². The highest BCUT2D eigenvalue weighted by atomic mass is 16.5. The van der Waals surface area contributed by atoms with E-state index in [9.17, 15) is 9.59 Å². The zero-order chi connectivity index (χ0) is 20.9. The number of benzene rings is 2. The molecule has 0 saturated carbocycles. The number of piperidine rings is 1. The normalized spacial score (nSPS) is 19.7. The number of para-hydroxylation sites is 2. The van der Waals surface area contributed by atoms with Gasteiger partial charge < -0.3 is 15.0 Å². The third kappa shape index (κ3) is 4.65. The van der Waals surface area contributed by atoms with Crippen molar-refractivity contribution in [3.8, 4) is 5.75 Å². The third-order valence-corrected chi connectivity index (χ3v) is 5.92. The molecule has 2 aromatic carbocycles. The van der Waals surface area contributed by atoms with Crippen LogP contribution in [0.2, 0.25) is 0 Å². The van der Waals surface area contributed by atoms with Gasteiger partial charge in [-0.1, -0.05) is 30.7 Å². The van der Waals surface area contributed by atoms with Crippen molar-refractivity contribution in [1.82, 2.24) is 4.90 Å². The number of hydrogen-bond donors (Lipinski definition) is 1. The number of hydrogen-bond acceptors (Lipinski definition) is 4. The fourth-order valence-electron chi connectivity index (χ4n) is 4.34. The molecule has 2 heterocycles. The van der Waals surface area contributed by atoms with Gasteiger partial charge in [-0.2, -0.15) is 0 Å². The Labute approximate surface area is 177 Å². The Morgan fingerprint density at radius 2 is 1.90 bits per heavy atom. The van der Waals surface area contributed by atoms with Crippen LogP contribution in [0.15, 0.2) is 48.5 Å². The number of nitrogens with one attached hydrogen (secondary N) is 1. The van der Waals surface area contributed by atoms with Gasteiger partial charge in [0.25, 0.3) is 0 Å². The van der Waals surface area contributed by atoms with E-state index >= 15 is 0 Å². The molecule has 2 amide bonds. The monoisotopic (exact) mass is 407 g/mol. The summed E-state index contributed by atoms with van der Waals surface area (Å²) in [4.78, 5) is 29.5. The number of nitrogens with zero attached hydrogens (tertiary/aromatic N) is 2. The number of methoxy groups -OCH3 is 1. The van der Waals surface area contributed by atoms with Gasteiger partial charge in [-0.3, -0.25) is 14.5 Å². The predicted molar refractivity (Wildman–Crippen MR) is 118 cm³/mol. The molecule has 0 bridgehead atoms. The lowest BCUT2D eigenvalue weighted by Gasteiger charge is -2.26. The maximum atomic E-state index is 12.9. The van der Waals surface area contributed by atoms with Gasteiger partial charge >= 0.3 is 0 Å². The van der Waals surface area contributed by atoms with E-state index in [2.05, 4.69) is 16.3 Å². The Kier molecular flexibility index (Phi) is 6.33. The molecule has 2 aromatic rings. The predicted octanol–water partition coefficient (Wildman–Crippen LogP) is 3.67. The standard InChI is InChI=1S/C24H29N3O3/c1-30-22-11-4-3-10-21(22)27-17-19(15-23(27)28)24(29)25-20-9-7-8-18(14-20)16-26-12-5-2-6-13-26/h3-4,7-11,14,19H,2,5-6,12-13,15-17H2,1H3,(H,25,29). The summed E-state index contributed by atoms with van der Waals surface area (Å²) < 4.78 is 5.37. The van der Waals surface area contributed by atoms with Crippen LogP contribution in [-0.4, -0.2) is 43.5 Å². The first kappa shape index (κ1) is 20.4. The average Bonchev–Trinajstić information content (AvgIpc) is 3.16. The van der Waals surface area contributed by atoms with Crippen molar-refractivity contribution in [3.63, 3.8) is 0 Å². The molecule has 4 rings (SSSR count). The van der Waals surface area contributed by atoms with Crippen LogP contribution < -0.4 is 15.0 Å². The van der Waals surface area contributed by atoms with Crippen molar-refractivity contribution >= 4 is 23.2 Å². The van der Waals surface area contributed by atoms with Crippen molar-refractivity contribution in [2.45, 2.75) is 32.2 Å². The van der Waals surface area contributed by atoms with Crippen LogP contribution in [0.1, 0.15) is 31.2 Å². The summed E-state index contributed by atoms with van der Waals surface area (Å²) in [5.74, 6) is 0.0832. The summed E-state index contributed by atoms with van der Waals surface area (Å²) in [6.07, 6.45) is 4.04. The fraction of sp³-hybridized carbons (Fsp3) is 0.417. The van der Waals surface area contributed by atoms with E-state index in [0.717, 1.165) is 25.3 Å². The summed E-state index contributed by atoms with van der Waals surface area (Å²) in [6.45, 7) is 3.55. The van der Waals surface area contributed by atoms with E-state index in [1.54, 1.807) is 12.0 Å². The molecule has 0 aromatic heterocycles. The number of ether oxygens (including phenoxy) is 1. The second-order valence-electron chi connectivity index (χ2n) is 8.10. The summed E-state index contributed by atoms with van der Waals surface area (Å²) in [5, 5.41) is 3.02. The van der Waals surface area contributed by atoms with Crippen LogP contribution in [-0.2, 0) is 16.1 Å². The zero-order valence-electron chi connectivity index (χ0n) is 17.5. The molecule has 1 atom stereocenters. The minimum Gasteiger partial charge on any atom is -0.495 e. The van der Waals surface area contributed by atoms with E-state index in [0.29, 0.717) is 18.0 Å². The van der Waals surface area contributed by atoms with Gasteiger partial charge in [0, 0.05) is 25.2 Å². The second kappa shape index (κ2) is 9.30. The first-order valence-electron chi connectivity index (χ1n) is 10.7. The van der Waals surface area contributed by atoms with Crippen LogP contribution >= 0.6 is 0 Å². The van der Waals surface area contributed by atoms with Crippen molar-refractivity contribution < 1.29 is 14.3 Å². The number of carbonyl (C=O) groups is 2. The van der Waals surface area contributed by atoms with Gasteiger partial charge in [0.2, 0.25) is 11.8 Å². The number of rotatable bonds is 6. The largest absolute Gasteiger partial charge is 0.495 e. The minimum absolute atomic E-state index is 0.0569. The van der Waals surface area contributed by atoms with E-state index in [1.165, 1.54) is 24.8 Å². The summed E-state index contributed by atoms with van der Waals surface area (Å²) >= 11 is 0. The van der Waals surface area contributed by atoms with Crippen LogP contribution in [0.25, 0.3) is 0 Å². The van der Waals surface area contributed by atoms with Gasteiger partial charge in [0.05, 0.1) is 18.7 Å². The molecule has 2 fully saturated rings. The van der Waals surface area contributed by atoms with Gasteiger partial charge in [0.1, 0.15) is 5.75 Å². The molecule has 0 aliphatic carbocycles. The fourth-order valence-corrected chi connectivity index (χ4v) is 4.34. The van der Waals surface area contributed by atoms with Crippen molar-refractivity contribution in [2.75, 3.05) is 37.0 Å². The highest BCUT2D eigenvalue weighted by Gasteiger charge is 2.36. The average molecular weight is 408 g/mol. The highest BCUT2D eigenvalue weighted by Crippen LogP contribution is 2.33. The maximum absolute atomic E-state index is 12.9. The number of anilines is 2. The van der Waals surface area contributed by atoms with Crippen molar-refractivity contribution in [2.24, 2.45) is 5.92 Å². The van der Waals surface area contributed by atoms with Crippen LogP contribution in [0.4, 0.5) is 11.4 Å². The molecular formula is C24H29N3O3. The minimum atomic E-state index is -0.381. The Balaban J connectivity index is 1.39. The summed E-state index contributed by atoms with van der Waals surface area (Å²) in [5.41, 5.74) is 2.70. The summed E-state index contributed by atoms with van der Waals surface area (Å²) in [7, 11) is 1.58. The number of amides is 2. The first-order valence-corrected chi connectivity index (χ1v) is 10.7. The molecule has 0 radical (unpaired) electrons. The molecule has 2 saturated heterocycles. The first-order chi connectivity index (χ1) is 14.6. The zero-order valence-corrected chi connectivity index (χ0v) is 17.5. The Morgan fingerprint density at radius 1 is 1.10 bits per heavy atom. The molecule has 158 valence electrons. The van der Waals surface area contributed by atoms with E-state index in [4.69, 9.17) is 4.74 Å². The molecule has 6 heteroatoms. The Bertz CT molecular complexity index is 908. The van der Waals surface area contributed by atoms with Gasteiger partial charge in [-0.15, -0.1) is 0 Å². The summed E-state index contributed by atoms with van der Waals surface area (Å²) in [6, 6.07) is 15.4. The topological polar surface area (TPSA) is 61.9 Å². The smallest absolute Gasteiger partial charge is 0.229 e. The molecule has 30 heavy (non-hydrogen) atoms. The lowest BCUT2D eigenvalue weighted by molar-refractivity contribution is -0.122. The van der Waals surface area contributed by atoms with Crippen molar-refractivity contribution in [3.05, 3.63) is 54.1 Å². The van der Waals surface area contributed by atoms with Gasteiger partial charge in [0.15, 0.2) is 0 Å². The molecule has 0 spiro atoms. The Hall–Kier alpha value is -2.86. The molecule has 2 aliphatic heterocycles. The highest BCUT2D eigenvalue weighted by molar-refractivity contribution is 6.04. The lowest BCUT2D eigenvalue weighted by atomic mass is 10.1. The van der Waals surface area contributed by atoms with Crippen LogP contribution in [0, 0.1) is 5.92 Å². The molecular weight excluding hydrogens is 378 g/mol. The molecule has 2 aliphatic rings. The molecule has 1 unspecified atom stereocenters. The van der Waals surface area contributed by atoms with Gasteiger partial charge in [-0.05, 0) is 55.8 Å². The third-order valence-electron chi connectivity index (χ3n) is 5.92. The SMILES string of the molecule is COc1ccccc1N1CC(C(=O)Nc2cccc(CN3CCCCC3)c2)CC1=O. The lowest BCUT2D eigenvalue weighted by Crippen LogP contribution is -2.29. The number of likely N-dealkylation sites (tertiary alicyclic amines) is 1. The van der Waals surface area contributed by atoms with E-state index in [-0.39, 0.29) is 24.2 Å².